The monoisotopic (exact) mass is 277 g/mol. The van der Waals surface area contributed by atoms with Crippen LogP contribution in [0.2, 0.25) is 0 Å². The molecule has 0 aliphatic carbocycles. The number of rotatable bonds is 7. The Morgan fingerprint density at radius 2 is 2.15 bits per heavy atom. The van der Waals surface area contributed by atoms with E-state index in [9.17, 15) is 0 Å². The van der Waals surface area contributed by atoms with E-state index < -0.39 is 0 Å². The number of ether oxygens (including phenoxy) is 1. The highest BCUT2D eigenvalue weighted by molar-refractivity contribution is 5.28. The fourth-order valence-electron chi connectivity index (χ4n) is 1.59. The second-order valence-corrected chi connectivity index (χ2v) is 4.72. The van der Waals surface area contributed by atoms with E-state index in [0.29, 0.717) is 30.4 Å². The van der Waals surface area contributed by atoms with Gasteiger partial charge in [-0.25, -0.2) is 4.98 Å². The summed E-state index contributed by atoms with van der Waals surface area (Å²) >= 11 is 0. The molecule has 0 bridgehead atoms. The van der Waals surface area contributed by atoms with Crippen LogP contribution >= 0.6 is 0 Å². The van der Waals surface area contributed by atoms with Crippen molar-refractivity contribution in [2.45, 2.75) is 26.7 Å². The average molecular weight is 277 g/mol. The van der Waals surface area contributed by atoms with E-state index in [1.165, 1.54) is 17.3 Å². The van der Waals surface area contributed by atoms with Crippen LogP contribution in [0.5, 0.6) is 6.01 Å². The van der Waals surface area contributed by atoms with Crippen LogP contribution < -0.4 is 10.1 Å². The summed E-state index contributed by atoms with van der Waals surface area (Å²) in [5.41, 5.74) is 0. The van der Waals surface area contributed by atoms with Gasteiger partial charge in [-0.3, -0.25) is 0 Å². The molecule has 8 nitrogen and oxygen atoms in total. The van der Waals surface area contributed by atoms with Crippen molar-refractivity contribution in [1.82, 2.24) is 29.7 Å². The number of anilines is 1. The van der Waals surface area contributed by atoms with Crippen molar-refractivity contribution in [3.05, 3.63) is 12.7 Å². The van der Waals surface area contributed by atoms with Crippen molar-refractivity contribution in [1.29, 1.82) is 0 Å². The van der Waals surface area contributed by atoms with Crippen molar-refractivity contribution < 1.29 is 4.74 Å². The SMILES string of the molecule is CNc1nc(OCCCC(C)C)nc(-n2cncn2)n1. The van der Waals surface area contributed by atoms with Gasteiger partial charge >= 0.3 is 6.01 Å². The number of nitrogens with one attached hydrogen (secondary N) is 1. The van der Waals surface area contributed by atoms with Crippen LogP contribution in [-0.4, -0.2) is 43.4 Å². The summed E-state index contributed by atoms with van der Waals surface area (Å²) in [5.74, 6) is 1.47. The van der Waals surface area contributed by atoms with Gasteiger partial charge in [0, 0.05) is 7.05 Å². The molecule has 2 heterocycles. The summed E-state index contributed by atoms with van der Waals surface area (Å²) in [7, 11) is 1.74. The quantitative estimate of drug-likeness (QED) is 0.763. The predicted octanol–water partition coefficient (Wildman–Crippen LogP) is 1.31. The molecular formula is C12H19N7O. The minimum absolute atomic E-state index is 0.290. The predicted molar refractivity (Wildman–Crippen MR) is 73.9 cm³/mol. The Balaban J connectivity index is 2.06. The van der Waals surface area contributed by atoms with Gasteiger partial charge in [0.15, 0.2) is 0 Å². The Bertz CT molecular complexity index is 527. The Morgan fingerprint density at radius 3 is 2.80 bits per heavy atom. The third-order valence-corrected chi connectivity index (χ3v) is 2.61. The van der Waals surface area contributed by atoms with Gasteiger partial charge in [-0.05, 0) is 18.8 Å². The molecule has 0 fully saturated rings. The first-order valence-electron chi connectivity index (χ1n) is 6.60. The molecular weight excluding hydrogens is 258 g/mol. The van der Waals surface area contributed by atoms with Crippen LogP contribution in [0.1, 0.15) is 26.7 Å². The molecule has 0 saturated heterocycles. The maximum atomic E-state index is 5.57. The molecule has 0 aliphatic rings. The van der Waals surface area contributed by atoms with E-state index in [4.69, 9.17) is 4.74 Å². The topological polar surface area (TPSA) is 90.6 Å². The molecule has 20 heavy (non-hydrogen) atoms. The highest BCUT2D eigenvalue weighted by atomic mass is 16.5. The maximum absolute atomic E-state index is 5.57. The maximum Gasteiger partial charge on any atom is 0.323 e. The van der Waals surface area contributed by atoms with Gasteiger partial charge < -0.3 is 10.1 Å². The van der Waals surface area contributed by atoms with Gasteiger partial charge in [-0.1, -0.05) is 13.8 Å². The summed E-state index contributed by atoms with van der Waals surface area (Å²) in [4.78, 5) is 16.4. The molecule has 8 heteroatoms. The Labute approximate surface area is 117 Å². The van der Waals surface area contributed by atoms with E-state index >= 15 is 0 Å². The molecule has 0 spiro atoms. The molecule has 0 atom stereocenters. The second-order valence-electron chi connectivity index (χ2n) is 4.72. The minimum Gasteiger partial charge on any atom is -0.463 e. The first-order valence-corrected chi connectivity index (χ1v) is 6.60. The highest BCUT2D eigenvalue weighted by Crippen LogP contribution is 2.11. The number of aromatic nitrogens is 6. The molecule has 2 aromatic heterocycles. The minimum atomic E-state index is 0.290. The molecule has 0 aliphatic heterocycles. The zero-order valence-corrected chi connectivity index (χ0v) is 11.9. The lowest BCUT2D eigenvalue weighted by Crippen LogP contribution is -2.10. The van der Waals surface area contributed by atoms with Crippen molar-refractivity contribution in [2.24, 2.45) is 5.92 Å². The molecule has 0 saturated carbocycles. The lowest BCUT2D eigenvalue weighted by Gasteiger charge is -2.08. The van der Waals surface area contributed by atoms with Crippen LogP contribution in [0.15, 0.2) is 12.7 Å². The highest BCUT2D eigenvalue weighted by Gasteiger charge is 2.09. The zero-order valence-electron chi connectivity index (χ0n) is 11.9. The van der Waals surface area contributed by atoms with Crippen molar-refractivity contribution in [3.8, 4) is 12.0 Å². The molecule has 2 aromatic rings. The standard InChI is InChI=1S/C12H19N7O/c1-9(2)5-4-6-20-12-17-10(13-3)16-11(18-12)19-8-14-7-15-19/h7-9H,4-6H2,1-3H3,(H,13,16,17,18). The smallest absolute Gasteiger partial charge is 0.323 e. The van der Waals surface area contributed by atoms with Gasteiger partial charge in [0.05, 0.1) is 6.61 Å². The largest absolute Gasteiger partial charge is 0.463 e. The molecule has 2 rings (SSSR count). The van der Waals surface area contributed by atoms with Crippen molar-refractivity contribution >= 4 is 5.95 Å². The third kappa shape index (κ3) is 3.87. The van der Waals surface area contributed by atoms with E-state index in [0.717, 1.165) is 12.8 Å². The molecule has 0 amide bonds. The van der Waals surface area contributed by atoms with E-state index in [2.05, 4.69) is 44.2 Å². The fourth-order valence-corrected chi connectivity index (χ4v) is 1.59. The lowest BCUT2D eigenvalue weighted by molar-refractivity contribution is 0.275. The van der Waals surface area contributed by atoms with Crippen LogP contribution in [0.3, 0.4) is 0 Å². The van der Waals surface area contributed by atoms with Gasteiger partial charge in [-0.2, -0.15) is 24.7 Å². The van der Waals surface area contributed by atoms with Crippen molar-refractivity contribution in [2.75, 3.05) is 19.0 Å². The lowest BCUT2D eigenvalue weighted by atomic mass is 10.1. The van der Waals surface area contributed by atoms with E-state index in [-0.39, 0.29) is 0 Å². The molecule has 0 aromatic carbocycles. The van der Waals surface area contributed by atoms with Crippen LogP contribution in [-0.2, 0) is 0 Å². The fraction of sp³-hybridized carbons (Fsp3) is 0.583. The Hall–Kier alpha value is -2.25. The summed E-state index contributed by atoms with van der Waals surface area (Å²) < 4.78 is 7.04. The Morgan fingerprint density at radius 1 is 1.30 bits per heavy atom. The summed E-state index contributed by atoms with van der Waals surface area (Å²) in [6.07, 6.45) is 5.03. The summed E-state index contributed by atoms with van der Waals surface area (Å²) in [6.45, 7) is 4.96. The van der Waals surface area contributed by atoms with Gasteiger partial charge in [0.2, 0.25) is 5.95 Å². The molecule has 0 unspecified atom stereocenters. The molecule has 108 valence electrons. The van der Waals surface area contributed by atoms with Crippen LogP contribution in [0.4, 0.5) is 5.95 Å². The second kappa shape index (κ2) is 6.78. The molecule has 1 N–H and O–H groups in total. The number of hydrogen-bond donors (Lipinski definition) is 1. The molecule has 0 radical (unpaired) electrons. The van der Waals surface area contributed by atoms with E-state index in [1.807, 2.05) is 0 Å². The average Bonchev–Trinajstić information content (AvgIpc) is 2.97. The number of hydrogen-bond acceptors (Lipinski definition) is 7. The Kier molecular flexibility index (Phi) is 4.80. The van der Waals surface area contributed by atoms with Crippen molar-refractivity contribution in [3.63, 3.8) is 0 Å². The first kappa shape index (κ1) is 14.2. The van der Waals surface area contributed by atoms with Gasteiger partial charge in [0.1, 0.15) is 12.7 Å². The summed E-state index contributed by atoms with van der Waals surface area (Å²) in [5, 5.41) is 6.87. The van der Waals surface area contributed by atoms with Crippen LogP contribution in [0, 0.1) is 5.92 Å². The van der Waals surface area contributed by atoms with Gasteiger partial charge in [-0.15, -0.1) is 0 Å². The third-order valence-electron chi connectivity index (χ3n) is 2.61. The van der Waals surface area contributed by atoms with E-state index in [1.54, 1.807) is 7.05 Å². The normalized spacial score (nSPS) is 10.8. The van der Waals surface area contributed by atoms with Crippen LogP contribution in [0.25, 0.3) is 5.95 Å². The number of nitrogens with zero attached hydrogens (tertiary/aromatic N) is 6. The zero-order chi connectivity index (χ0) is 14.4. The first-order chi connectivity index (χ1) is 9.69. The van der Waals surface area contributed by atoms with Gasteiger partial charge in [0.25, 0.3) is 5.95 Å². The summed E-state index contributed by atoms with van der Waals surface area (Å²) in [6, 6.07) is 0.290.